The molecule has 0 radical (unpaired) electrons. The summed E-state index contributed by atoms with van der Waals surface area (Å²) >= 11 is 0. The Labute approximate surface area is 132 Å². The molecule has 0 fully saturated rings. The standard InChI is InChI=1S/C17H12FNO2.ClH/c18-14-7-5-12(6-8-14)11-1-3-13(4-2-11)15-9-10-16(19-15)17(20)21;/h1-10,19H,(H,20,21);1H. The monoisotopic (exact) mass is 317 g/mol. The second kappa shape index (κ2) is 6.45. The third-order valence-electron chi connectivity index (χ3n) is 3.29. The van der Waals surface area contributed by atoms with E-state index in [1.165, 1.54) is 18.2 Å². The van der Waals surface area contributed by atoms with E-state index in [4.69, 9.17) is 5.11 Å². The molecule has 1 aromatic heterocycles. The quantitative estimate of drug-likeness (QED) is 0.741. The Morgan fingerprint density at radius 2 is 1.32 bits per heavy atom. The van der Waals surface area contributed by atoms with Gasteiger partial charge in [0.25, 0.3) is 0 Å². The van der Waals surface area contributed by atoms with Crippen LogP contribution in [-0.2, 0) is 0 Å². The highest BCUT2D eigenvalue weighted by Gasteiger charge is 2.07. The molecule has 0 spiro atoms. The maximum atomic E-state index is 12.9. The Hall–Kier alpha value is -2.59. The van der Waals surface area contributed by atoms with Crippen molar-refractivity contribution in [2.75, 3.05) is 0 Å². The van der Waals surface area contributed by atoms with Crippen molar-refractivity contribution in [1.29, 1.82) is 0 Å². The van der Waals surface area contributed by atoms with Gasteiger partial charge in [0.2, 0.25) is 0 Å². The summed E-state index contributed by atoms with van der Waals surface area (Å²) in [5.41, 5.74) is 3.71. The summed E-state index contributed by atoms with van der Waals surface area (Å²) in [6, 6.07) is 17.2. The minimum Gasteiger partial charge on any atom is -0.477 e. The van der Waals surface area contributed by atoms with Crippen LogP contribution in [-0.4, -0.2) is 16.1 Å². The molecule has 0 saturated carbocycles. The highest BCUT2D eigenvalue weighted by atomic mass is 35.5. The van der Waals surface area contributed by atoms with Crippen LogP contribution in [0.15, 0.2) is 60.7 Å². The van der Waals surface area contributed by atoms with Crippen molar-refractivity contribution in [3.8, 4) is 22.4 Å². The number of carbonyl (C=O) groups is 1. The first-order chi connectivity index (χ1) is 10.1. The molecule has 0 amide bonds. The Morgan fingerprint density at radius 1 is 0.818 bits per heavy atom. The smallest absolute Gasteiger partial charge is 0.352 e. The van der Waals surface area contributed by atoms with Gasteiger partial charge in [-0.2, -0.15) is 0 Å². The topological polar surface area (TPSA) is 53.1 Å². The largest absolute Gasteiger partial charge is 0.477 e. The normalized spacial score (nSPS) is 10.0. The number of aromatic nitrogens is 1. The third kappa shape index (κ3) is 3.18. The highest BCUT2D eigenvalue weighted by molar-refractivity contribution is 5.87. The van der Waals surface area contributed by atoms with Gasteiger partial charge in [-0.05, 0) is 41.0 Å². The van der Waals surface area contributed by atoms with E-state index in [1.54, 1.807) is 18.2 Å². The molecule has 0 bridgehead atoms. The van der Waals surface area contributed by atoms with E-state index < -0.39 is 5.97 Å². The summed E-state index contributed by atoms with van der Waals surface area (Å²) in [7, 11) is 0. The summed E-state index contributed by atoms with van der Waals surface area (Å²) in [6.07, 6.45) is 0. The highest BCUT2D eigenvalue weighted by Crippen LogP contribution is 2.24. The van der Waals surface area contributed by atoms with E-state index in [0.29, 0.717) is 0 Å². The fraction of sp³-hybridized carbons (Fsp3) is 0. The van der Waals surface area contributed by atoms with Crippen molar-refractivity contribution in [2.45, 2.75) is 0 Å². The van der Waals surface area contributed by atoms with Gasteiger partial charge in [-0.1, -0.05) is 36.4 Å². The Balaban J connectivity index is 0.00000176. The molecule has 0 atom stereocenters. The lowest BCUT2D eigenvalue weighted by Crippen LogP contribution is -1.95. The van der Waals surface area contributed by atoms with E-state index in [9.17, 15) is 9.18 Å². The molecule has 0 aliphatic rings. The lowest BCUT2D eigenvalue weighted by atomic mass is 10.0. The maximum Gasteiger partial charge on any atom is 0.352 e. The number of H-pyrrole nitrogens is 1. The van der Waals surface area contributed by atoms with Crippen molar-refractivity contribution in [2.24, 2.45) is 0 Å². The van der Waals surface area contributed by atoms with Crippen molar-refractivity contribution in [3.05, 3.63) is 72.2 Å². The molecule has 3 nitrogen and oxygen atoms in total. The molecule has 0 aliphatic heterocycles. The van der Waals surface area contributed by atoms with Gasteiger partial charge >= 0.3 is 5.97 Å². The van der Waals surface area contributed by atoms with Crippen LogP contribution >= 0.6 is 12.4 Å². The van der Waals surface area contributed by atoms with Gasteiger partial charge in [-0.3, -0.25) is 0 Å². The Kier molecular flexibility index (Phi) is 4.63. The van der Waals surface area contributed by atoms with E-state index in [2.05, 4.69) is 4.98 Å². The first-order valence-electron chi connectivity index (χ1n) is 6.42. The van der Waals surface area contributed by atoms with E-state index in [1.807, 2.05) is 24.3 Å². The molecular weight excluding hydrogens is 305 g/mol. The van der Waals surface area contributed by atoms with Crippen LogP contribution < -0.4 is 0 Å². The SMILES string of the molecule is Cl.O=C(O)c1ccc(-c2ccc(-c3ccc(F)cc3)cc2)[nH]1. The molecule has 0 unspecified atom stereocenters. The van der Waals surface area contributed by atoms with Crippen molar-refractivity contribution in [3.63, 3.8) is 0 Å². The first-order valence-corrected chi connectivity index (χ1v) is 6.42. The average molecular weight is 318 g/mol. The summed E-state index contributed by atoms with van der Waals surface area (Å²) in [5, 5.41) is 8.90. The van der Waals surface area contributed by atoms with E-state index in [0.717, 1.165) is 22.4 Å². The fourth-order valence-corrected chi connectivity index (χ4v) is 2.17. The molecule has 2 aromatic carbocycles. The number of nitrogens with one attached hydrogen (secondary N) is 1. The van der Waals surface area contributed by atoms with Gasteiger partial charge in [0, 0.05) is 5.69 Å². The zero-order chi connectivity index (χ0) is 14.8. The van der Waals surface area contributed by atoms with Gasteiger partial charge in [-0.15, -0.1) is 12.4 Å². The maximum absolute atomic E-state index is 12.9. The number of aromatic carboxylic acids is 1. The second-order valence-electron chi connectivity index (χ2n) is 4.68. The van der Waals surface area contributed by atoms with Crippen LogP contribution in [0.2, 0.25) is 0 Å². The summed E-state index contributed by atoms with van der Waals surface area (Å²) in [4.78, 5) is 13.7. The summed E-state index contributed by atoms with van der Waals surface area (Å²) in [6.45, 7) is 0. The number of hydrogen-bond donors (Lipinski definition) is 2. The molecule has 0 aliphatic carbocycles. The van der Waals surface area contributed by atoms with Crippen molar-refractivity contribution < 1.29 is 14.3 Å². The molecular formula is C17H13ClFNO2. The number of benzene rings is 2. The zero-order valence-corrected chi connectivity index (χ0v) is 12.2. The average Bonchev–Trinajstić information content (AvgIpc) is 2.98. The van der Waals surface area contributed by atoms with Gasteiger partial charge in [0.1, 0.15) is 11.5 Å². The lowest BCUT2D eigenvalue weighted by Gasteiger charge is -2.03. The van der Waals surface area contributed by atoms with Crippen molar-refractivity contribution in [1.82, 2.24) is 4.98 Å². The Bertz CT molecular complexity index is 779. The molecule has 5 heteroatoms. The van der Waals surface area contributed by atoms with Crippen LogP contribution in [0, 0.1) is 5.82 Å². The van der Waals surface area contributed by atoms with Crippen LogP contribution in [0.3, 0.4) is 0 Å². The van der Waals surface area contributed by atoms with E-state index in [-0.39, 0.29) is 23.9 Å². The number of rotatable bonds is 3. The van der Waals surface area contributed by atoms with Gasteiger partial charge in [0.15, 0.2) is 0 Å². The van der Waals surface area contributed by atoms with E-state index >= 15 is 0 Å². The Morgan fingerprint density at radius 3 is 1.82 bits per heavy atom. The molecule has 3 aromatic rings. The minimum absolute atomic E-state index is 0. The van der Waals surface area contributed by atoms with Gasteiger partial charge < -0.3 is 10.1 Å². The third-order valence-corrected chi connectivity index (χ3v) is 3.29. The fourth-order valence-electron chi connectivity index (χ4n) is 2.17. The second-order valence-corrected chi connectivity index (χ2v) is 4.68. The van der Waals surface area contributed by atoms with Crippen LogP contribution in [0.1, 0.15) is 10.5 Å². The predicted molar refractivity (Wildman–Crippen MR) is 85.8 cm³/mol. The lowest BCUT2D eigenvalue weighted by molar-refractivity contribution is 0.0691. The molecule has 112 valence electrons. The summed E-state index contributed by atoms with van der Waals surface area (Å²) < 4.78 is 12.9. The molecule has 3 rings (SSSR count). The number of halogens is 2. The van der Waals surface area contributed by atoms with Gasteiger partial charge in [-0.25, -0.2) is 9.18 Å². The molecule has 2 N–H and O–H groups in total. The number of hydrogen-bond acceptors (Lipinski definition) is 1. The molecule has 1 heterocycles. The molecule has 0 saturated heterocycles. The molecule has 22 heavy (non-hydrogen) atoms. The first kappa shape index (κ1) is 15.8. The summed E-state index contributed by atoms with van der Waals surface area (Å²) in [5.74, 6) is -1.24. The van der Waals surface area contributed by atoms with Crippen LogP contribution in [0.4, 0.5) is 4.39 Å². The van der Waals surface area contributed by atoms with Gasteiger partial charge in [0.05, 0.1) is 0 Å². The number of carboxylic acids is 1. The predicted octanol–water partition coefficient (Wildman–Crippen LogP) is 4.61. The van der Waals surface area contributed by atoms with Crippen LogP contribution in [0.5, 0.6) is 0 Å². The zero-order valence-electron chi connectivity index (χ0n) is 11.4. The van der Waals surface area contributed by atoms with Crippen molar-refractivity contribution >= 4 is 18.4 Å². The number of carboxylic acid groups (broad SMARTS) is 1. The minimum atomic E-state index is -0.982. The number of aromatic amines is 1. The van der Waals surface area contributed by atoms with Crippen LogP contribution in [0.25, 0.3) is 22.4 Å².